The quantitative estimate of drug-likeness (QED) is 0.167. The van der Waals surface area contributed by atoms with Crippen molar-refractivity contribution >= 4 is 86.8 Å². The lowest BCUT2D eigenvalue weighted by atomic mass is 9.96. The van der Waals surface area contributed by atoms with Crippen molar-refractivity contribution in [1.29, 1.82) is 0 Å². The van der Waals surface area contributed by atoms with E-state index in [1.807, 2.05) is 12.1 Å². The van der Waals surface area contributed by atoms with Gasteiger partial charge in [0, 0.05) is 27.3 Å². The molecule has 3 aromatic heterocycles. The van der Waals surface area contributed by atoms with Crippen molar-refractivity contribution in [3.63, 3.8) is 0 Å². The average Bonchev–Trinajstić information content (AvgIpc) is 3.86. The van der Waals surface area contributed by atoms with Crippen LogP contribution in [0.15, 0.2) is 199 Å². The van der Waals surface area contributed by atoms with Gasteiger partial charge in [-0.2, -0.15) is 0 Å². The SMILES string of the molecule is c1ccc2cc3c(cc2c1)c1ccccc1n3-c1ccc(-c2nc(-c3cccc4ccccc34)nc(-c3cc4ccccc4c4ccccc34)n2)c2oc3ccccc3c12. The van der Waals surface area contributed by atoms with Crippen LogP contribution in [-0.4, -0.2) is 19.5 Å². The molecular weight excluding hydrogens is 733 g/mol. The highest BCUT2D eigenvalue weighted by Crippen LogP contribution is 2.44. The Morgan fingerprint density at radius 1 is 0.333 bits per heavy atom. The molecule has 0 bridgehead atoms. The van der Waals surface area contributed by atoms with Crippen molar-refractivity contribution in [3.05, 3.63) is 194 Å². The molecule has 0 aliphatic rings. The lowest BCUT2D eigenvalue weighted by Gasteiger charge is -2.14. The number of benzene rings is 10. The summed E-state index contributed by atoms with van der Waals surface area (Å²) >= 11 is 0. The second-order valence-corrected chi connectivity index (χ2v) is 15.5. The molecule has 5 heteroatoms. The summed E-state index contributed by atoms with van der Waals surface area (Å²) in [6.45, 7) is 0. The minimum absolute atomic E-state index is 0.545. The number of furan rings is 1. The van der Waals surface area contributed by atoms with E-state index in [1.54, 1.807) is 0 Å². The first-order chi connectivity index (χ1) is 29.7. The van der Waals surface area contributed by atoms with Gasteiger partial charge in [0.25, 0.3) is 0 Å². The minimum atomic E-state index is 0.545. The summed E-state index contributed by atoms with van der Waals surface area (Å²) in [5, 5.41) is 13.6. The molecule has 10 aromatic carbocycles. The monoisotopic (exact) mass is 764 g/mol. The molecule has 0 radical (unpaired) electrons. The van der Waals surface area contributed by atoms with Gasteiger partial charge >= 0.3 is 0 Å². The van der Waals surface area contributed by atoms with Crippen molar-refractivity contribution in [3.8, 4) is 39.9 Å². The molecule has 0 unspecified atom stereocenters. The second kappa shape index (κ2) is 12.7. The number of aromatic nitrogens is 4. The van der Waals surface area contributed by atoms with E-state index in [0.717, 1.165) is 82.3 Å². The molecule has 0 spiro atoms. The lowest BCUT2D eigenvalue weighted by molar-refractivity contribution is 0.669. The van der Waals surface area contributed by atoms with Crippen LogP contribution < -0.4 is 0 Å². The highest BCUT2D eigenvalue weighted by atomic mass is 16.3. The van der Waals surface area contributed by atoms with Gasteiger partial charge in [-0.15, -0.1) is 0 Å². The molecule has 0 atom stereocenters. The summed E-state index contributed by atoms with van der Waals surface area (Å²) in [4.78, 5) is 16.1. The zero-order valence-corrected chi connectivity index (χ0v) is 32.2. The smallest absolute Gasteiger partial charge is 0.167 e. The Hall–Kier alpha value is -8.15. The molecule has 0 saturated carbocycles. The van der Waals surface area contributed by atoms with Crippen LogP contribution in [0, 0.1) is 0 Å². The summed E-state index contributed by atoms with van der Waals surface area (Å²) < 4.78 is 9.34. The third-order valence-corrected chi connectivity index (χ3v) is 12.2. The van der Waals surface area contributed by atoms with Gasteiger partial charge in [0.05, 0.1) is 27.7 Å². The first-order valence-corrected chi connectivity index (χ1v) is 20.3. The number of para-hydroxylation sites is 2. The molecule has 0 aliphatic heterocycles. The maximum atomic E-state index is 6.95. The van der Waals surface area contributed by atoms with Crippen molar-refractivity contribution < 1.29 is 4.42 Å². The number of hydrogen-bond donors (Lipinski definition) is 0. The number of rotatable bonds is 4. The van der Waals surface area contributed by atoms with Crippen LogP contribution in [0.3, 0.4) is 0 Å². The highest BCUT2D eigenvalue weighted by molar-refractivity contribution is 6.18. The van der Waals surface area contributed by atoms with Gasteiger partial charge < -0.3 is 8.98 Å². The fraction of sp³-hybridized carbons (Fsp3) is 0. The Labute approximate surface area is 343 Å². The predicted molar refractivity (Wildman–Crippen MR) is 248 cm³/mol. The summed E-state index contributed by atoms with van der Waals surface area (Å²) in [7, 11) is 0. The van der Waals surface area contributed by atoms with E-state index in [0.29, 0.717) is 17.5 Å². The maximum Gasteiger partial charge on any atom is 0.167 e. The first-order valence-electron chi connectivity index (χ1n) is 20.3. The van der Waals surface area contributed by atoms with Gasteiger partial charge in [-0.3, -0.25) is 0 Å². The fourth-order valence-electron chi connectivity index (χ4n) is 9.48. The van der Waals surface area contributed by atoms with Crippen molar-refractivity contribution in [2.45, 2.75) is 0 Å². The van der Waals surface area contributed by atoms with Gasteiger partial charge in [0.15, 0.2) is 17.5 Å². The van der Waals surface area contributed by atoms with Crippen LogP contribution in [-0.2, 0) is 0 Å². The van der Waals surface area contributed by atoms with Crippen LogP contribution in [0.1, 0.15) is 0 Å². The Kier molecular flexibility index (Phi) is 6.95. The summed E-state index contributed by atoms with van der Waals surface area (Å²) in [5.74, 6) is 1.75. The molecule has 0 saturated heterocycles. The van der Waals surface area contributed by atoms with E-state index in [9.17, 15) is 0 Å². The molecule has 0 amide bonds. The van der Waals surface area contributed by atoms with E-state index in [2.05, 4.69) is 187 Å². The van der Waals surface area contributed by atoms with Crippen molar-refractivity contribution in [1.82, 2.24) is 19.5 Å². The van der Waals surface area contributed by atoms with Crippen molar-refractivity contribution in [2.24, 2.45) is 0 Å². The second-order valence-electron chi connectivity index (χ2n) is 15.5. The predicted octanol–water partition coefficient (Wildman–Crippen LogP) is 14.5. The molecule has 0 N–H and O–H groups in total. The van der Waals surface area contributed by atoms with Gasteiger partial charge in [-0.25, -0.2) is 15.0 Å². The van der Waals surface area contributed by atoms with Crippen LogP contribution in [0.2, 0.25) is 0 Å². The third kappa shape index (κ3) is 4.84. The normalized spacial score (nSPS) is 12.0. The largest absolute Gasteiger partial charge is 0.455 e. The van der Waals surface area contributed by atoms with Crippen LogP contribution in [0.25, 0.3) is 127 Å². The molecule has 60 heavy (non-hydrogen) atoms. The fourth-order valence-corrected chi connectivity index (χ4v) is 9.48. The van der Waals surface area contributed by atoms with E-state index in [-0.39, 0.29) is 0 Å². The first kappa shape index (κ1) is 32.9. The molecule has 13 rings (SSSR count). The Bertz CT molecular complexity index is 3910. The standard InChI is InChI=1S/C55H32N4O/c1-2-16-35-32-49-45(30-34(35)15-1)41-23-9-11-26-47(41)59(49)48-29-28-44(52-51(48)43-24-10-12-27-50(43)60-52)54-56-53(42-25-13-18-33-14-3-5-19-37(33)42)57-55(58-54)46-31-36-17-4-6-20-38(36)39-21-7-8-22-40(39)46/h1-32H. The number of nitrogens with zero attached hydrogens (tertiary/aromatic N) is 4. The summed E-state index contributed by atoms with van der Waals surface area (Å²) in [5.41, 5.74) is 7.52. The lowest BCUT2D eigenvalue weighted by Crippen LogP contribution is -2.02. The minimum Gasteiger partial charge on any atom is -0.455 e. The molecule has 0 fully saturated rings. The van der Waals surface area contributed by atoms with Gasteiger partial charge in [0.1, 0.15) is 11.2 Å². The van der Waals surface area contributed by atoms with Crippen LogP contribution >= 0.6 is 0 Å². The highest BCUT2D eigenvalue weighted by Gasteiger charge is 2.24. The molecule has 5 nitrogen and oxygen atoms in total. The molecule has 3 heterocycles. The van der Waals surface area contributed by atoms with Crippen LogP contribution in [0.5, 0.6) is 0 Å². The third-order valence-electron chi connectivity index (χ3n) is 12.2. The van der Waals surface area contributed by atoms with E-state index < -0.39 is 0 Å². The number of fused-ring (bicyclic) bond motifs is 11. The summed E-state index contributed by atoms with van der Waals surface area (Å²) in [6.07, 6.45) is 0. The van der Waals surface area contributed by atoms with Crippen LogP contribution in [0.4, 0.5) is 0 Å². The van der Waals surface area contributed by atoms with E-state index >= 15 is 0 Å². The summed E-state index contributed by atoms with van der Waals surface area (Å²) in [6, 6.07) is 68.5. The maximum absolute atomic E-state index is 6.95. The zero-order valence-electron chi connectivity index (χ0n) is 32.2. The topological polar surface area (TPSA) is 56.7 Å². The Balaban J connectivity index is 1.13. The molecule has 278 valence electrons. The molecule has 0 aliphatic carbocycles. The Morgan fingerprint density at radius 3 is 1.73 bits per heavy atom. The molecule has 13 aromatic rings. The molecular formula is C55H32N4O. The van der Waals surface area contributed by atoms with Gasteiger partial charge in [-0.05, 0) is 85.6 Å². The Morgan fingerprint density at radius 2 is 0.917 bits per heavy atom. The van der Waals surface area contributed by atoms with Crippen molar-refractivity contribution in [2.75, 3.05) is 0 Å². The average molecular weight is 765 g/mol. The van der Waals surface area contributed by atoms with Gasteiger partial charge in [-0.1, -0.05) is 152 Å². The van der Waals surface area contributed by atoms with Gasteiger partial charge in [0.2, 0.25) is 0 Å². The van der Waals surface area contributed by atoms with E-state index in [4.69, 9.17) is 19.4 Å². The van der Waals surface area contributed by atoms with E-state index in [1.165, 1.54) is 26.9 Å². The zero-order chi connectivity index (χ0) is 39.3. The number of hydrogen-bond acceptors (Lipinski definition) is 4.